The zero-order valence-corrected chi connectivity index (χ0v) is 18.2. The van der Waals surface area contributed by atoms with E-state index in [9.17, 15) is 4.79 Å². The van der Waals surface area contributed by atoms with Gasteiger partial charge in [-0.1, -0.05) is 12.1 Å². The van der Waals surface area contributed by atoms with Crippen molar-refractivity contribution < 1.29 is 14.3 Å². The van der Waals surface area contributed by atoms with Gasteiger partial charge in [-0.25, -0.2) is 4.98 Å². The second-order valence-electron chi connectivity index (χ2n) is 7.35. The number of nitrogens with zero attached hydrogens (tertiary/aromatic N) is 2. The van der Waals surface area contributed by atoms with Crippen LogP contribution in [-0.4, -0.2) is 42.1 Å². The highest BCUT2D eigenvalue weighted by molar-refractivity contribution is 7.13. The number of benzene rings is 2. The molecule has 156 valence electrons. The number of aromatic nitrogens is 1. The van der Waals surface area contributed by atoms with Crippen LogP contribution in [0.3, 0.4) is 0 Å². The predicted molar refractivity (Wildman–Crippen MR) is 119 cm³/mol. The number of likely N-dealkylation sites (tertiary alicyclic amines) is 1. The number of rotatable bonds is 7. The molecule has 0 N–H and O–H groups in total. The number of amides is 1. The quantitative estimate of drug-likeness (QED) is 0.534. The van der Waals surface area contributed by atoms with Crippen molar-refractivity contribution in [2.75, 3.05) is 20.3 Å². The number of thiazole rings is 1. The molecule has 6 heteroatoms. The van der Waals surface area contributed by atoms with Crippen molar-refractivity contribution in [3.63, 3.8) is 0 Å². The second-order valence-corrected chi connectivity index (χ2v) is 8.20. The van der Waals surface area contributed by atoms with Crippen LogP contribution in [0.15, 0.2) is 53.9 Å². The van der Waals surface area contributed by atoms with E-state index in [1.807, 2.05) is 59.7 Å². The van der Waals surface area contributed by atoms with Gasteiger partial charge in [-0.3, -0.25) is 4.79 Å². The molecule has 0 bridgehead atoms. The van der Waals surface area contributed by atoms with Gasteiger partial charge in [0.05, 0.1) is 13.7 Å². The molecule has 0 saturated carbocycles. The largest absolute Gasteiger partial charge is 0.497 e. The van der Waals surface area contributed by atoms with Gasteiger partial charge in [-0.2, -0.15) is 0 Å². The number of hydrogen-bond donors (Lipinski definition) is 0. The monoisotopic (exact) mass is 422 g/mol. The first-order valence-corrected chi connectivity index (χ1v) is 11.2. The van der Waals surface area contributed by atoms with Crippen molar-refractivity contribution in [3.8, 4) is 22.1 Å². The van der Waals surface area contributed by atoms with Gasteiger partial charge in [0, 0.05) is 23.5 Å². The van der Waals surface area contributed by atoms with Crippen LogP contribution in [0.5, 0.6) is 11.5 Å². The van der Waals surface area contributed by atoms with Gasteiger partial charge in [-0.15, -0.1) is 11.3 Å². The van der Waals surface area contributed by atoms with Gasteiger partial charge in [0.25, 0.3) is 5.91 Å². The summed E-state index contributed by atoms with van der Waals surface area (Å²) in [5, 5.41) is 2.72. The van der Waals surface area contributed by atoms with Gasteiger partial charge in [0.15, 0.2) is 0 Å². The molecule has 1 fully saturated rings. The summed E-state index contributed by atoms with van der Waals surface area (Å²) < 4.78 is 10.8. The Morgan fingerprint density at radius 3 is 2.80 bits per heavy atom. The SMILES string of the molecule is CCOc1ccc(-c2nc(C(=O)N3CCCC3Cc3cccc(OC)c3)cs2)cc1. The summed E-state index contributed by atoms with van der Waals surface area (Å²) in [5.41, 5.74) is 2.71. The minimum atomic E-state index is 0.0221. The first kappa shape index (κ1) is 20.4. The lowest BCUT2D eigenvalue weighted by Gasteiger charge is -2.24. The highest BCUT2D eigenvalue weighted by Gasteiger charge is 2.30. The molecule has 1 aliphatic heterocycles. The van der Waals surface area contributed by atoms with Crippen molar-refractivity contribution in [2.24, 2.45) is 0 Å². The van der Waals surface area contributed by atoms with Crippen LogP contribution in [0, 0.1) is 0 Å². The Morgan fingerprint density at radius 2 is 2.03 bits per heavy atom. The van der Waals surface area contributed by atoms with E-state index in [1.165, 1.54) is 16.9 Å². The third-order valence-electron chi connectivity index (χ3n) is 5.38. The van der Waals surface area contributed by atoms with E-state index in [1.54, 1.807) is 7.11 Å². The molecule has 1 unspecified atom stereocenters. The molecule has 1 atom stereocenters. The minimum absolute atomic E-state index is 0.0221. The van der Waals surface area contributed by atoms with Gasteiger partial charge in [0.1, 0.15) is 22.2 Å². The maximum absolute atomic E-state index is 13.2. The van der Waals surface area contributed by atoms with Crippen LogP contribution in [0.1, 0.15) is 35.8 Å². The van der Waals surface area contributed by atoms with Crippen LogP contribution in [0.2, 0.25) is 0 Å². The Bertz CT molecular complexity index is 1000. The van der Waals surface area contributed by atoms with Crippen molar-refractivity contribution in [1.82, 2.24) is 9.88 Å². The lowest BCUT2D eigenvalue weighted by Crippen LogP contribution is -2.37. The van der Waals surface area contributed by atoms with Crippen molar-refractivity contribution in [1.29, 1.82) is 0 Å². The molecule has 0 aliphatic carbocycles. The predicted octanol–water partition coefficient (Wildman–Crippen LogP) is 5.06. The zero-order chi connectivity index (χ0) is 20.9. The van der Waals surface area contributed by atoms with Crippen LogP contribution in [0.4, 0.5) is 0 Å². The summed E-state index contributed by atoms with van der Waals surface area (Å²) in [7, 11) is 1.68. The number of carbonyl (C=O) groups is 1. The molecule has 1 aliphatic rings. The Balaban J connectivity index is 1.47. The van der Waals surface area contributed by atoms with Gasteiger partial charge < -0.3 is 14.4 Å². The van der Waals surface area contributed by atoms with E-state index < -0.39 is 0 Å². The summed E-state index contributed by atoms with van der Waals surface area (Å²) in [5.74, 6) is 1.71. The highest BCUT2D eigenvalue weighted by Crippen LogP contribution is 2.29. The number of ether oxygens (including phenoxy) is 2. The van der Waals surface area contributed by atoms with Crippen LogP contribution in [0.25, 0.3) is 10.6 Å². The number of hydrogen-bond acceptors (Lipinski definition) is 5. The summed E-state index contributed by atoms with van der Waals surface area (Å²) in [4.78, 5) is 19.8. The van der Waals surface area contributed by atoms with E-state index in [0.29, 0.717) is 12.3 Å². The lowest BCUT2D eigenvalue weighted by molar-refractivity contribution is 0.0731. The van der Waals surface area contributed by atoms with Crippen molar-refractivity contribution >= 4 is 17.2 Å². The fraction of sp³-hybridized carbons (Fsp3) is 0.333. The minimum Gasteiger partial charge on any atom is -0.497 e. The molecule has 1 saturated heterocycles. The lowest BCUT2D eigenvalue weighted by atomic mass is 10.0. The fourth-order valence-corrected chi connectivity index (χ4v) is 4.70. The molecule has 3 aromatic rings. The third-order valence-corrected chi connectivity index (χ3v) is 6.27. The molecule has 5 nitrogen and oxygen atoms in total. The molecule has 2 heterocycles. The average molecular weight is 423 g/mol. The summed E-state index contributed by atoms with van der Waals surface area (Å²) in [6, 6.07) is 16.1. The second kappa shape index (κ2) is 9.30. The van der Waals surface area contributed by atoms with E-state index in [4.69, 9.17) is 9.47 Å². The molecule has 4 rings (SSSR count). The number of carbonyl (C=O) groups excluding carboxylic acids is 1. The highest BCUT2D eigenvalue weighted by atomic mass is 32.1. The Hall–Kier alpha value is -2.86. The maximum atomic E-state index is 13.2. The van der Waals surface area contributed by atoms with Crippen LogP contribution in [-0.2, 0) is 6.42 Å². The molecule has 2 aromatic carbocycles. The van der Waals surface area contributed by atoms with E-state index in [2.05, 4.69) is 11.1 Å². The number of methoxy groups -OCH3 is 1. The third kappa shape index (κ3) is 4.49. The Kier molecular flexibility index (Phi) is 6.33. The summed E-state index contributed by atoms with van der Waals surface area (Å²) in [6.07, 6.45) is 2.87. The standard InChI is InChI=1S/C24H26N2O3S/c1-3-29-20-11-9-18(10-12-20)23-25-22(16-30-23)24(27)26-13-5-7-19(26)14-17-6-4-8-21(15-17)28-2/h4,6,8-12,15-16,19H,3,5,7,13-14H2,1-2H3. The molecule has 0 spiro atoms. The Morgan fingerprint density at radius 1 is 1.20 bits per heavy atom. The summed E-state index contributed by atoms with van der Waals surface area (Å²) in [6.45, 7) is 3.39. The smallest absolute Gasteiger partial charge is 0.273 e. The topological polar surface area (TPSA) is 51.7 Å². The molecular formula is C24H26N2O3S. The average Bonchev–Trinajstić information content (AvgIpc) is 3.44. The van der Waals surface area contributed by atoms with Crippen molar-refractivity contribution in [3.05, 3.63) is 65.2 Å². The van der Waals surface area contributed by atoms with E-state index in [-0.39, 0.29) is 11.9 Å². The van der Waals surface area contributed by atoms with Gasteiger partial charge >= 0.3 is 0 Å². The van der Waals surface area contributed by atoms with Crippen molar-refractivity contribution in [2.45, 2.75) is 32.2 Å². The molecule has 1 amide bonds. The Labute approximate surface area is 181 Å². The van der Waals surface area contributed by atoms with Crippen LogP contribution < -0.4 is 9.47 Å². The van der Waals surface area contributed by atoms with E-state index >= 15 is 0 Å². The normalized spacial score (nSPS) is 15.9. The molecule has 1 aromatic heterocycles. The van der Waals surface area contributed by atoms with Gasteiger partial charge in [-0.05, 0) is 68.1 Å². The van der Waals surface area contributed by atoms with Gasteiger partial charge in [0.2, 0.25) is 0 Å². The first-order chi connectivity index (χ1) is 14.7. The van der Waals surface area contributed by atoms with Crippen LogP contribution >= 0.6 is 11.3 Å². The summed E-state index contributed by atoms with van der Waals surface area (Å²) >= 11 is 1.50. The fourth-order valence-electron chi connectivity index (χ4n) is 3.90. The molecule has 30 heavy (non-hydrogen) atoms. The molecule has 0 radical (unpaired) electrons. The maximum Gasteiger partial charge on any atom is 0.273 e. The van der Waals surface area contributed by atoms with E-state index in [0.717, 1.165) is 47.9 Å². The molecular weight excluding hydrogens is 396 g/mol. The first-order valence-electron chi connectivity index (χ1n) is 10.3. The zero-order valence-electron chi connectivity index (χ0n) is 17.3.